The van der Waals surface area contributed by atoms with Gasteiger partial charge in [-0.3, -0.25) is 4.79 Å². The molecule has 126 valence electrons. The third kappa shape index (κ3) is 3.62. The van der Waals surface area contributed by atoms with Crippen LogP contribution in [-0.2, 0) is 10.3 Å². The summed E-state index contributed by atoms with van der Waals surface area (Å²) < 4.78 is 0.969. The zero-order valence-corrected chi connectivity index (χ0v) is 15.3. The van der Waals surface area contributed by atoms with Gasteiger partial charge in [-0.15, -0.1) is 0 Å². The van der Waals surface area contributed by atoms with Crippen LogP contribution in [0.5, 0.6) is 0 Å². The van der Waals surface area contributed by atoms with Crippen molar-refractivity contribution in [2.24, 2.45) is 5.73 Å². The van der Waals surface area contributed by atoms with E-state index in [1.165, 1.54) is 5.69 Å². The van der Waals surface area contributed by atoms with E-state index < -0.39 is 5.54 Å². The van der Waals surface area contributed by atoms with Crippen LogP contribution in [-0.4, -0.2) is 25.0 Å². The average Bonchev–Trinajstić information content (AvgIpc) is 3.04. The summed E-state index contributed by atoms with van der Waals surface area (Å²) in [6.45, 7) is 3.51. The van der Waals surface area contributed by atoms with E-state index in [1.807, 2.05) is 42.5 Å². The molecule has 3 rings (SSSR count). The zero-order chi connectivity index (χ0) is 17.2. The van der Waals surface area contributed by atoms with Crippen molar-refractivity contribution in [3.8, 4) is 0 Å². The monoisotopic (exact) mass is 387 g/mol. The van der Waals surface area contributed by atoms with Gasteiger partial charge < -0.3 is 16.0 Å². The topological polar surface area (TPSA) is 58.4 Å². The Labute approximate surface area is 151 Å². The Morgan fingerprint density at radius 1 is 1.21 bits per heavy atom. The highest BCUT2D eigenvalue weighted by molar-refractivity contribution is 9.10. The fourth-order valence-electron chi connectivity index (χ4n) is 3.01. The number of hydrogen-bond donors (Lipinski definition) is 2. The van der Waals surface area contributed by atoms with Crippen LogP contribution < -0.4 is 16.0 Å². The van der Waals surface area contributed by atoms with Gasteiger partial charge in [-0.25, -0.2) is 0 Å². The number of carbonyl (C=O) groups is 1. The summed E-state index contributed by atoms with van der Waals surface area (Å²) in [5.74, 6) is -0.135. The maximum Gasteiger partial charge on any atom is 0.244 e. The molecule has 0 aromatic heterocycles. The second-order valence-corrected chi connectivity index (χ2v) is 7.37. The summed E-state index contributed by atoms with van der Waals surface area (Å²) in [6, 6.07) is 18.0. The molecule has 0 aliphatic carbocycles. The average molecular weight is 388 g/mol. The van der Waals surface area contributed by atoms with Crippen molar-refractivity contribution in [3.05, 3.63) is 64.6 Å². The van der Waals surface area contributed by atoms with Crippen LogP contribution in [0.2, 0.25) is 0 Å². The normalized spacial score (nSPS) is 19.8. The summed E-state index contributed by atoms with van der Waals surface area (Å²) in [7, 11) is 0. The number of nitrogens with two attached hydrogens (primary N) is 1. The van der Waals surface area contributed by atoms with Crippen LogP contribution in [0.1, 0.15) is 18.9 Å². The van der Waals surface area contributed by atoms with E-state index in [4.69, 9.17) is 5.73 Å². The van der Waals surface area contributed by atoms with Crippen molar-refractivity contribution >= 4 is 27.5 Å². The van der Waals surface area contributed by atoms with Crippen molar-refractivity contribution in [3.63, 3.8) is 0 Å². The number of rotatable bonds is 4. The minimum Gasteiger partial charge on any atom is -0.369 e. The van der Waals surface area contributed by atoms with Gasteiger partial charge in [-0.05, 0) is 43.2 Å². The van der Waals surface area contributed by atoms with Crippen molar-refractivity contribution < 1.29 is 4.79 Å². The Morgan fingerprint density at radius 3 is 2.54 bits per heavy atom. The predicted octanol–water partition coefficient (Wildman–Crippen LogP) is 3.02. The maximum absolute atomic E-state index is 12.7. The van der Waals surface area contributed by atoms with Crippen LogP contribution in [0.15, 0.2) is 59.1 Å². The third-order valence-corrected chi connectivity index (χ3v) is 5.09. The Kier molecular flexibility index (Phi) is 4.92. The van der Waals surface area contributed by atoms with Gasteiger partial charge in [0.2, 0.25) is 5.91 Å². The standard InChI is InChI=1S/C19H22BrN3O/c1-19(21,14-7-9-15(20)10-8-14)18(24)22-16-11-12-23(13-16)17-5-3-2-4-6-17/h2-10,16H,11-13,21H2,1H3,(H,22,24). The van der Waals surface area contributed by atoms with Crippen molar-refractivity contribution in [2.45, 2.75) is 24.9 Å². The van der Waals surface area contributed by atoms with E-state index in [2.05, 4.69) is 38.3 Å². The third-order valence-electron chi connectivity index (χ3n) is 4.56. The fourth-order valence-corrected chi connectivity index (χ4v) is 3.28. The van der Waals surface area contributed by atoms with E-state index in [9.17, 15) is 4.79 Å². The van der Waals surface area contributed by atoms with E-state index in [-0.39, 0.29) is 11.9 Å². The van der Waals surface area contributed by atoms with Crippen LogP contribution in [0, 0.1) is 0 Å². The minimum absolute atomic E-state index is 0.121. The van der Waals surface area contributed by atoms with Gasteiger partial charge in [0.05, 0.1) is 0 Å². The molecule has 1 saturated heterocycles. The fraction of sp³-hybridized carbons (Fsp3) is 0.316. The highest BCUT2D eigenvalue weighted by atomic mass is 79.9. The number of hydrogen-bond acceptors (Lipinski definition) is 3. The van der Waals surface area contributed by atoms with Gasteiger partial charge in [-0.2, -0.15) is 0 Å². The summed E-state index contributed by atoms with van der Waals surface area (Å²) >= 11 is 3.40. The highest BCUT2D eigenvalue weighted by Crippen LogP contribution is 2.23. The number of nitrogens with one attached hydrogen (secondary N) is 1. The molecule has 5 heteroatoms. The van der Waals surface area contributed by atoms with Gasteiger partial charge in [-0.1, -0.05) is 46.3 Å². The lowest BCUT2D eigenvalue weighted by molar-refractivity contribution is -0.126. The van der Waals surface area contributed by atoms with E-state index in [0.717, 1.165) is 29.5 Å². The van der Waals surface area contributed by atoms with Crippen molar-refractivity contribution in [2.75, 3.05) is 18.0 Å². The lowest BCUT2D eigenvalue weighted by atomic mass is 9.92. The second-order valence-electron chi connectivity index (χ2n) is 6.45. The molecule has 2 atom stereocenters. The zero-order valence-electron chi connectivity index (χ0n) is 13.7. The Hall–Kier alpha value is -1.85. The molecule has 1 amide bonds. The molecule has 1 heterocycles. The molecule has 1 aliphatic rings. The Balaban J connectivity index is 1.64. The van der Waals surface area contributed by atoms with Gasteiger partial charge >= 0.3 is 0 Å². The predicted molar refractivity (Wildman–Crippen MR) is 101 cm³/mol. The molecule has 2 aromatic carbocycles. The summed E-state index contributed by atoms with van der Waals surface area (Å²) in [5, 5.41) is 3.11. The molecule has 4 nitrogen and oxygen atoms in total. The molecule has 0 spiro atoms. The molecule has 2 unspecified atom stereocenters. The van der Waals surface area contributed by atoms with Crippen LogP contribution in [0.3, 0.4) is 0 Å². The lowest BCUT2D eigenvalue weighted by Crippen LogP contribution is -2.52. The molecule has 24 heavy (non-hydrogen) atoms. The van der Waals surface area contributed by atoms with Crippen LogP contribution in [0.25, 0.3) is 0 Å². The quantitative estimate of drug-likeness (QED) is 0.847. The molecule has 3 N–H and O–H groups in total. The Bertz CT molecular complexity index is 700. The number of para-hydroxylation sites is 1. The molecule has 0 radical (unpaired) electrons. The molecule has 0 saturated carbocycles. The number of halogens is 1. The van der Waals surface area contributed by atoms with Gasteiger partial charge in [0.15, 0.2) is 0 Å². The molecule has 1 fully saturated rings. The molecule has 2 aromatic rings. The maximum atomic E-state index is 12.7. The van der Waals surface area contributed by atoms with Crippen molar-refractivity contribution in [1.82, 2.24) is 5.32 Å². The number of benzene rings is 2. The van der Waals surface area contributed by atoms with E-state index >= 15 is 0 Å². The Morgan fingerprint density at radius 2 is 1.88 bits per heavy atom. The highest BCUT2D eigenvalue weighted by Gasteiger charge is 2.33. The minimum atomic E-state index is -1.04. The van der Waals surface area contributed by atoms with Gasteiger partial charge in [0.1, 0.15) is 5.54 Å². The van der Waals surface area contributed by atoms with Crippen LogP contribution in [0.4, 0.5) is 5.69 Å². The first-order valence-corrected chi connectivity index (χ1v) is 8.92. The summed E-state index contributed by atoms with van der Waals surface area (Å²) in [6.07, 6.45) is 0.928. The first-order valence-electron chi connectivity index (χ1n) is 8.13. The molecule has 0 bridgehead atoms. The molecular formula is C19H22BrN3O. The largest absolute Gasteiger partial charge is 0.369 e. The SMILES string of the molecule is CC(N)(C(=O)NC1CCN(c2ccccc2)C1)c1ccc(Br)cc1. The number of anilines is 1. The van der Waals surface area contributed by atoms with Gasteiger partial charge in [0.25, 0.3) is 0 Å². The van der Waals surface area contributed by atoms with Gasteiger partial charge in [0, 0.05) is 29.3 Å². The smallest absolute Gasteiger partial charge is 0.244 e. The van der Waals surface area contributed by atoms with Crippen LogP contribution >= 0.6 is 15.9 Å². The first-order chi connectivity index (χ1) is 11.5. The summed E-state index contributed by atoms with van der Waals surface area (Å²) in [4.78, 5) is 15.0. The number of amides is 1. The molecular weight excluding hydrogens is 366 g/mol. The van der Waals surface area contributed by atoms with Crippen molar-refractivity contribution in [1.29, 1.82) is 0 Å². The number of nitrogens with zero attached hydrogens (tertiary/aromatic N) is 1. The first kappa shape index (κ1) is 17.0. The second kappa shape index (κ2) is 6.95. The van der Waals surface area contributed by atoms with E-state index in [0.29, 0.717) is 0 Å². The molecule has 1 aliphatic heterocycles. The lowest BCUT2D eigenvalue weighted by Gasteiger charge is -2.26. The summed E-state index contributed by atoms with van der Waals surface area (Å²) in [5.41, 5.74) is 7.27. The van der Waals surface area contributed by atoms with E-state index in [1.54, 1.807) is 6.92 Å². The number of carbonyl (C=O) groups excluding carboxylic acids is 1.